The second-order valence-corrected chi connectivity index (χ2v) is 28.0. The van der Waals surface area contributed by atoms with Gasteiger partial charge in [-0.15, -0.1) is 29.6 Å². The Morgan fingerprint density at radius 3 is 0.954 bits per heavy atom. The zero-order valence-electron chi connectivity index (χ0n) is 62.2. The van der Waals surface area contributed by atoms with Gasteiger partial charge in [-0.3, -0.25) is 0 Å². The lowest BCUT2D eigenvalue weighted by Gasteiger charge is -2.38. The molecule has 109 heavy (non-hydrogen) atoms. The standard InChI is InChI=1S/C34H30N2O5.C8H19ClNO3.3C7H8O3S.2C5H13NO2.C3H5ClO.ClH.21H2/c1-3-4-5-6-7-8-9-10-11-12-13-14-15-16-17-18-19-20-21-22-23-36(26-30-39,27-31-40)33-34(41)32-35(2,24-28-37)25-29-38;1-10(2-4-11,3-5-12)7-8(13)6-9;3*1-6-2-4-7(5-3-6)11(8,9)10;2*1-6(2-4-7)3-5-8;4-1-3-2-5-3;;;;;;;;;;;;;;;;;;;;;;/h1,34,37-41H,24-33H2,2H3;8,11-13H,2-7H2,1H3;3*2-5H,1H3,(H,8,9,10);2*7-8H,2-5H2,1H3;3H,1-2H2;22*1H/q+2;+1;;;;;;;;;;;;;;;;;;;;;;;;;;;;/p-3. The van der Waals surface area contributed by atoms with Gasteiger partial charge in [-0.25, -0.2) is 29.7 Å². The number of hydrogen-bond acceptors (Lipinski definition) is 23. The summed E-state index contributed by atoms with van der Waals surface area (Å²) in [5, 5.41) is 109. The fraction of sp³-hybridized carbons (Fsp3) is 0.474. The number of halogens is 3. The lowest BCUT2D eigenvalue weighted by atomic mass is 10.2. The molecule has 1 heterocycles. The molecule has 0 saturated carbocycles. The number of rotatable bonds is 31. The molecule has 0 spiro atoms. The average molecular weight is 1680 g/mol. The smallest absolute Gasteiger partial charge is 0.153 e. The van der Waals surface area contributed by atoms with Crippen LogP contribution in [0.5, 0.6) is 0 Å². The van der Waals surface area contributed by atoms with Gasteiger partial charge in [0.2, 0.25) is 0 Å². The van der Waals surface area contributed by atoms with Crippen LogP contribution in [0.25, 0.3) is 0 Å². The third kappa shape index (κ3) is 66.2. The lowest BCUT2D eigenvalue weighted by molar-refractivity contribution is -0.921. The van der Waals surface area contributed by atoms with Gasteiger partial charge in [0.15, 0.2) is 12.1 Å². The number of quaternary nitrogens is 4. The van der Waals surface area contributed by atoms with Crippen molar-refractivity contribution in [2.75, 3.05) is 198 Å². The van der Waals surface area contributed by atoms with Gasteiger partial charge in [0.1, 0.15) is 108 Å². The van der Waals surface area contributed by atoms with Crippen molar-refractivity contribution >= 4 is 53.6 Å². The molecule has 1 aliphatic rings. The van der Waals surface area contributed by atoms with Crippen LogP contribution in [0.2, 0.25) is 0 Å². The van der Waals surface area contributed by atoms with Crippen LogP contribution in [0, 0.1) is 152 Å². The minimum atomic E-state index is -4.27. The zero-order chi connectivity index (χ0) is 82.8. The summed E-state index contributed by atoms with van der Waals surface area (Å²) in [5.74, 6) is 50.3. The normalized spacial score (nSPS) is 11.7. The molecule has 0 aliphatic carbocycles. The molecule has 3 atom stereocenters. The summed E-state index contributed by atoms with van der Waals surface area (Å²) < 4.78 is 98.8. The van der Waals surface area contributed by atoms with Crippen molar-refractivity contribution in [1.29, 1.82) is 0 Å². The zero-order valence-corrected chi connectivity index (χ0v) is 66.9. The Hall–Kier alpha value is -7.30. The van der Waals surface area contributed by atoms with Crippen molar-refractivity contribution in [1.82, 2.24) is 4.90 Å². The maximum Gasteiger partial charge on any atom is 0.153 e. The number of epoxide rings is 1. The monoisotopic (exact) mass is 1680 g/mol. The second kappa shape index (κ2) is 67.6. The highest BCUT2D eigenvalue weighted by molar-refractivity contribution is 7.86. The Bertz CT molecular complexity index is 3960. The molecule has 27 nitrogen and oxygen atoms in total. The third-order valence-electron chi connectivity index (χ3n) is 13.7. The molecule has 3 unspecified atom stereocenters. The van der Waals surface area contributed by atoms with E-state index in [4.69, 9.17) is 65.0 Å². The van der Waals surface area contributed by atoms with Crippen molar-refractivity contribution in [3.63, 3.8) is 0 Å². The van der Waals surface area contributed by atoms with Crippen LogP contribution in [0.15, 0.2) is 87.5 Å². The maximum atomic E-state index is 10.7. The van der Waals surface area contributed by atoms with E-state index >= 15 is 0 Å². The van der Waals surface area contributed by atoms with E-state index in [1.165, 1.54) is 36.4 Å². The van der Waals surface area contributed by atoms with Gasteiger partial charge in [-0.2, -0.15) is 0 Å². The van der Waals surface area contributed by atoms with Gasteiger partial charge in [0, 0.05) is 108 Å². The number of aryl methyl sites for hydroxylation is 3. The number of ether oxygens (including phenoxy) is 1. The van der Waals surface area contributed by atoms with Crippen LogP contribution < -0.4 is 17.3 Å². The Morgan fingerprint density at radius 1 is 0.477 bits per heavy atom. The molecule has 3 aromatic carbocycles. The molecule has 1 saturated heterocycles. The molecule has 13 N–H and O–H groups in total. The first kappa shape index (κ1) is 110. The molecule has 0 bridgehead atoms. The average Bonchev–Trinajstić information content (AvgIpc) is 1.63. The van der Waals surface area contributed by atoms with Crippen LogP contribution in [0.3, 0.4) is 0 Å². The molecule has 1 fully saturated rings. The van der Waals surface area contributed by atoms with Crippen LogP contribution in [-0.2, 0) is 35.1 Å². The van der Waals surface area contributed by atoms with E-state index in [9.17, 15) is 69.6 Å². The fourth-order valence-electron chi connectivity index (χ4n) is 7.86. The van der Waals surface area contributed by atoms with Crippen LogP contribution in [0.1, 0.15) is 46.6 Å². The van der Waals surface area contributed by atoms with E-state index in [0.717, 1.165) is 41.3 Å². The molecule has 644 valence electrons. The third-order valence-corrected chi connectivity index (χ3v) is 16.9. The number of nitrogens with zero attached hydrogens (tertiary/aromatic N) is 4. The summed E-state index contributed by atoms with van der Waals surface area (Å²) in [7, 11) is -5.32. The van der Waals surface area contributed by atoms with Crippen molar-refractivity contribution in [3.05, 3.63) is 89.5 Å². The molecule has 0 amide bonds. The minimum absolute atomic E-state index is 0. The SMILES string of the molecule is C#CC#CC#CC#CC#CC#CC#CC#CC#CC#CC#C[N+](CCO)(CCO)CC(O)C[N+](C)(CCO)CCO.CN(CCO)CCO.C[N+](CCO)(CCO)CC(O)CCl.C[NH+](CCO)CCO.Cc1ccc(S(=O)(=O)[O-])cc1.Cc1ccc(S(=O)(=O)[O-])cc1.Cc1ccc(S(=O)(=O)[O-])cc1.ClCC1CO1.[Cl-].[HH].[HH].[HH].[HH].[HH].[HH].[HH].[HH].[HH].[HH].[HH].[HH].[HH].[HH].[HH].[HH].[HH].[HH].[HH].[HH].[HH]. The number of nitrogens with one attached hydrogen (secondary N) is 1. The van der Waals surface area contributed by atoms with Crippen LogP contribution >= 0.6 is 23.2 Å². The minimum Gasteiger partial charge on any atom is -1.00 e. The van der Waals surface area contributed by atoms with Crippen molar-refractivity contribution in [3.8, 4) is 131 Å². The number of aliphatic hydroxyl groups is 12. The predicted molar refractivity (Wildman–Crippen MR) is 453 cm³/mol. The quantitative estimate of drug-likeness (QED) is 0.0110. The highest BCUT2D eigenvalue weighted by atomic mass is 35.5. The number of hydrogen-bond donors (Lipinski definition) is 13. The summed E-state index contributed by atoms with van der Waals surface area (Å²) in [6, 6.07) is 20.3. The Kier molecular flexibility index (Phi) is 68.4. The number of benzene rings is 3. The van der Waals surface area contributed by atoms with Gasteiger partial charge in [-0.05, 0) is 112 Å². The lowest BCUT2D eigenvalue weighted by Crippen LogP contribution is -3.10. The Balaban J connectivity index is -0.0000000426. The van der Waals surface area contributed by atoms with Gasteiger partial charge >= 0.3 is 0 Å². The fourth-order valence-corrected chi connectivity index (χ4v) is 9.55. The topological polar surface area (TPSA) is 435 Å². The summed E-state index contributed by atoms with van der Waals surface area (Å²) in [5.41, 5.74) is 2.78. The molecule has 1 aliphatic heterocycles. The van der Waals surface area contributed by atoms with Crippen LogP contribution in [0.4, 0.5) is 0 Å². The summed E-state index contributed by atoms with van der Waals surface area (Å²) in [4.78, 5) is 2.49. The number of terminal acetylenes is 1. The first-order chi connectivity index (χ1) is 51.0. The summed E-state index contributed by atoms with van der Waals surface area (Å²) in [6.45, 7) is 12.2. The van der Waals surface area contributed by atoms with E-state index in [2.05, 4.69) is 124 Å². The molecule has 33 heteroatoms. The van der Waals surface area contributed by atoms with Crippen LogP contribution in [-0.4, -0.2) is 335 Å². The van der Waals surface area contributed by atoms with Crippen molar-refractivity contribution in [2.24, 2.45) is 0 Å². The van der Waals surface area contributed by atoms with Gasteiger partial charge in [0.25, 0.3) is 0 Å². The van der Waals surface area contributed by atoms with Gasteiger partial charge < -0.3 is 111 Å². The van der Waals surface area contributed by atoms with E-state index in [0.29, 0.717) is 62.3 Å². The second-order valence-electron chi connectivity index (χ2n) is 23.3. The van der Waals surface area contributed by atoms with E-state index in [1.54, 1.807) is 36.4 Å². The van der Waals surface area contributed by atoms with Crippen molar-refractivity contribution in [2.45, 2.75) is 53.8 Å². The van der Waals surface area contributed by atoms with E-state index in [1.807, 2.05) is 53.9 Å². The van der Waals surface area contributed by atoms with E-state index < -0.39 is 42.6 Å². The molecule has 3 aromatic rings. The summed E-state index contributed by atoms with van der Waals surface area (Å²) >= 11 is 10.7. The molecule has 0 radical (unpaired) electrons. The first-order valence-electron chi connectivity index (χ1n) is 32.8. The summed E-state index contributed by atoms with van der Waals surface area (Å²) in [6.07, 6.45) is 3.89. The first-order valence-corrected chi connectivity index (χ1v) is 38.1. The van der Waals surface area contributed by atoms with Crippen molar-refractivity contribution < 1.29 is 166 Å². The molecular formula is C76H144Cl3N5O22S3. The number of likely N-dealkylation sites (N-methyl/N-ethyl adjacent to an activating group) is 4. The maximum absolute atomic E-state index is 10.7. The largest absolute Gasteiger partial charge is 1.00 e. The highest BCUT2D eigenvalue weighted by Crippen LogP contribution is 2.14. The molecule has 4 rings (SSSR count). The van der Waals surface area contributed by atoms with Gasteiger partial charge in [-0.1, -0.05) is 53.1 Å². The highest BCUT2D eigenvalue weighted by Gasteiger charge is 2.34. The predicted octanol–water partition coefficient (Wildman–Crippen LogP) is -1.90. The van der Waals surface area contributed by atoms with E-state index in [-0.39, 0.29) is 164 Å². The van der Waals surface area contributed by atoms with Gasteiger partial charge in [0.05, 0.1) is 132 Å². The number of alkyl halides is 2. The Morgan fingerprint density at radius 2 is 0.743 bits per heavy atom. The Labute approximate surface area is 693 Å². The molecular weight excluding hydrogens is 1540 g/mol. The molecule has 0 aromatic heterocycles. The number of aliphatic hydroxyl groups excluding tert-OH is 12.